The van der Waals surface area contributed by atoms with Crippen LogP contribution >= 0.6 is 0 Å². The molecule has 19 heavy (non-hydrogen) atoms. The summed E-state index contributed by atoms with van der Waals surface area (Å²) in [5, 5.41) is 8.63. The fraction of sp³-hybridized carbons (Fsp3) is 0.286. The van der Waals surface area contributed by atoms with Crippen molar-refractivity contribution in [3.63, 3.8) is 0 Å². The summed E-state index contributed by atoms with van der Waals surface area (Å²) in [4.78, 5) is 22.1. The second-order valence-corrected chi connectivity index (χ2v) is 4.15. The third-order valence-corrected chi connectivity index (χ3v) is 2.54. The van der Waals surface area contributed by atoms with Crippen LogP contribution in [0.25, 0.3) is 5.57 Å². The monoisotopic (exact) mass is 264 g/mol. The standard InChI is InChI=1S/C14H16O5/c1-8(6-13(15)16)5-9(2)11-7-12(18-4)10(3)14(17)19-11/h5-7H,1-4H3,(H,15,16)/b8-6+,9-5+. The van der Waals surface area contributed by atoms with E-state index < -0.39 is 11.6 Å². The van der Waals surface area contributed by atoms with Crippen molar-refractivity contribution < 1.29 is 19.1 Å². The Morgan fingerprint density at radius 2 is 2.00 bits per heavy atom. The van der Waals surface area contributed by atoms with Crippen molar-refractivity contribution in [2.75, 3.05) is 7.11 Å². The van der Waals surface area contributed by atoms with Crippen molar-refractivity contribution in [1.82, 2.24) is 0 Å². The quantitative estimate of drug-likeness (QED) is 0.667. The molecule has 1 heterocycles. The topological polar surface area (TPSA) is 76.7 Å². The fourth-order valence-electron chi connectivity index (χ4n) is 1.59. The van der Waals surface area contributed by atoms with Gasteiger partial charge < -0.3 is 14.3 Å². The number of carboxylic acid groups (broad SMARTS) is 1. The van der Waals surface area contributed by atoms with Gasteiger partial charge in [0.15, 0.2) is 0 Å². The largest absolute Gasteiger partial charge is 0.496 e. The average Bonchev–Trinajstić information content (AvgIpc) is 2.31. The highest BCUT2D eigenvalue weighted by Crippen LogP contribution is 2.21. The molecule has 0 saturated heterocycles. The van der Waals surface area contributed by atoms with Crippen molar-refractivity contribution in [2.24, 2.45) is 0 Å². The molecule has 0 amide bonds. The Morgan fingerprint density at radius 3 is 2.53 bits per heavy atom. The highest BCUT2D eigenvalue weighted by atomic mass is 16.5. The fourth-order valence-corrected chi connectivity index (χ4v) is 1.59. The van der Waals surface area contributed by atoms with Crippen molar-refractivity contribution in [1.29, 1.82) is 0 Å². The van der Waals surface area contributed by atoms with Gasteiger partial charge in [-0.25, -0.2) is 9.59 Å². The highest BCUT2D eigenvalue weighted by molar-refractivity contribution is 5.82. The molecule has 1 aromatic rings. The van der Waals surface area contributed by atoms with Gasteiger partial charge >= 0.3 is 11.6 Å². The summed E-state index contributed by atoms with van der Waals surface area (Å²) in [6.07, 6.45) is 2.70. The van der Waals surface area contributed by atoms with Crippen molar-refractivity contribution in [3.05, 3.63) is 45.5 Å². The molecular formula is C14H16O5. The predicted octanol–water partition coefficient (Wildman–Crippen LogP) is 2.39. The maximum absolute atomic E-state index is 11.6. The number of rotatable bonds is 4. The molecule has 0 bridgehead atoms. The molecule has 102 valence electrons. The second-order valence-electron chi connectivity index (χ2n) is 4.15. The summed E-state index contributed by atoms with van der Waals surface area (Å²) in [7, 11) is 1.47. The lowest BCUT2D eigenvalue weighted by atomic mass is 10.1. The number of aliphatic carboxylic acids is 1. The Morgan fingerprint density at radius 1 is 1.37 bits per heavy atom. The number of ether oxygens (including phenoxy) is 1. The molecule has 1 rings (SSSR count). The van der Waals surface area contributed by atoms with Crippen LogP contribution in [0, 0.1) is 6.92 Å². The van der Waals surface area contributed by atoms with Gasteiger partial charge in [-0.3, -0.25) is 0 Å². The Kier molecular flexibility index (Phi) is 4.69. The Hall–Kier alpha value is -2.30. The maximum atomic E-state index is 11.6. The van der Waals surface area contributed by atoms with Gasteiger partial charge in [-0.05, 0) is 31.9 Å². The van der Waals surface area contributed by atoms with Gasteiger partial charge in [-0.1, -0.05) is 6.08 Å². The van der Waals surface area contributed by atoms with Gasteiger partial charge in [0.25, 0.3) is 0 Å². The minimum atomic E-state index is -1.02. The first-order valence-corrected chi connectivity index (χ1v) is 5.63. The van der Waals surface area contributed by atoms with E-state index in [1.54, 1.807) is 32.9 Å². The lowest BCUT2D eigenvalue weighted by Gasteiger charge is -2.06. The van der Waals surface area contributed by atoms with Gasteiger partial charge in [0.1, 0.15) is 11.5 Å². The summed E-state index contributed by atoms with van der Waals surface area (Å²) >= 11 is 0. The maximum Gasteiger partial charge on any atom is 0.342 e. The van der Waals surface area contributed by atoms with Crippen LogP contribution in [0.4, 0.5) is 0 Å². The van der Waals surface area contributed by atoms with Crippen LogP contribution in [-0.2, 0) is 4.79 Å². The first-order chi connectivity index (χ1) is 8.85. The van der Waals surface area contributed by atoms with E-state index in [2.05, 4.69) is 0 Å². The van der Waals surface area contributed by atoms with Gasteiger partial charge in [0.05, 0.1) is 12.7 Å². The second kappa shape index (κ2) is 6.04. The number of hydrogen-bond donors (Lipinski definition) is 1. The van der Waals surface area contributed by atoms with Crippen LogP contribution in [0.15, 0.2) is 33.0 Å². The van der Waals surface area contributed by atoms with Crippen LogP contribution in [0.3, 0.4) is 0 Å². The molecule has 0 saturated carbocycles. The number of methoxy groups -OCH3 is 1. The molecule has 0 aliphatic rings. The summed E-state index contributed by atoms with van der Waals surface area (Å²) in [5.41, 5.74) is 1.12. The van der Waals surface area contributed by atoms with E-state index in [1.807, 2.05) is 0 Å². The number of carbonyl (C=O) groups is 1. The van der Waals surface area contributed by atoms with E-state index in [-0.39, 0.29) is 0 Å². The molecular weight excluding hydrogens is 248 g/mol. The number of carboxylic acids is 1. The Balaban J connectivity index is 3.24. The predicted molar refractivity (Wildman–Crippen MR) is 71.3 cm³/mol. The minimum Gasteiger partial charge on any atom is -0.496 e. The smallest absolute Gasteiger partial charge is 0.342 e. The molecule has 1 aromatic heterocycles. The molecule has 0 unspecified atom stereocenters. The Bertz CT molecular complexity index is 605. The van der Waals surface area contributed by atoms with Crippen LogP contribution in [0.2, 0.25) is 0 Å². The summed E-state index contributed by atoms with van der Waals surface area (Å²) in [5.74, 6) is -0.228. The van der Waals surface area contributed by atoms with E-state index in [4.69, 9.17) is 14.3 Å². The molecule has 0 atom stereocenters. The molecule has 5 nitrogen and oxygen atoms in total. The summed E-state index contributed by atoms with van der Waals surface area (Å²) in [6, 6.07) is 1.61. The van der Waals surface area contributed by atoms with Crippen molar-refractivity contribution in [2.45, 2.75) is 20.8 Å². The molecule has 0 aliphatic heterocycles. The van der Waals surface area contributed by atoms with Crippen LogP contribution in [0.5, 0.6) is 5.75 Å². The SMILES string of the molecule is COc1cc(/C(C)=C/C(C)=C/C(=O)O)oc(=O)c1C. The van der Waals surface area contributed by atoms with Crippen molar-refractivity contribution in [3.8, 4) is 5.75 Å². The molecule has 0 aliphatic carbocycles. The van der Waals surface area contributed by atoms with Gasteiger partial charge in [-0.2, -0.15) is 0 Å². The zero-order chi connectivity index (χ0) is 14.6. The third-order valence-electron chi connectivity index (χ3n) is 2.54. The molecule has 1 N–H and O–H groups in total. The van der Waals surface area contributed by atoms with Gasteiger partial charge in [-0.15, -0.1) is 0 Å². The number of hydrogen-bond acceptors (Lipinski definition) is 4. The van der Waals surface area contributed by atoms with E-state index >= 15 is 0 Å². The van der Waals surface area contributed by atoms with Crippen molar-refractivity contribution >= 4 is 11.5 Å². The average molecular weight is 264 g/mol. The summed E-state index contributed by atoms with van der Waals surface area (Å²) in [6.45, 7) is 5.00. The number of allylic oxidation sites excluding steroid dienone is 3. The van der Waals surface area contributed by atoms with E-state index in [0.29, 0.717) is 28.2 Å². The molecule has 0 radical (unpaired) electrons. The van der Waals surface area contributed by atoms with Crippen LogP contribution in [-0.4, -0.2) is 18.2 Å². The summed E-state index contributed by atoms with van der Waals surface area (Å²) < 4.78 is 10.2. The van der Waals surface area contributed by atoms with E-state index in [0.717, 1.165) is 6.08 Å². The van der Waals surface area contributed by atoms with Crippen LogP contribution in [0.1, 0.15) is 25.2 Å². The highest BCUT2D eigenvalue weighted by Gasteiger charge is 2.09. The van der Waals surface area contributed by atoms with E-state index in [1.165, 1.54) is 7.11 Å². The lowest BCUT2D eigenvalue weighted by molar-refractivity contribution is -0.131. The third kappa shape index (κ3) is 3.84. The molecule has 0 spiro atoms. The zero-order valence-electron chi connectivity index (χ0n) is 11.3. The van der Waals surface area contributed by atoms with Gasteiger partial charge in [0, 0.05) is 12.1 Å². The zero-order valence-corrected chi connectivity index (χ0v) is 11.3. The Labute approximate surface area is 110 Å². The van der Waals surface area contributed by atoms with E-state index in [9.17, 15) is 9.59 Å². The minimum absolute atomic E-state index is 0.352. The normalized spacial score (nSPS) is 12.4. The lowest BCUT2D eigenvalue weighted by Crippen LogP contribution is -2.06. The first kappa shape index (κ1) is 14.8. The van der Waals surface area contributed by atoms with Gasteiger partial charge in [0.2, 0.25) is 0 Å². The molecule has 0 fully saturated rings. The first-order valence-electron chi connectivity index (χ1n) is 5.63. The van der Waals surface area contributed by atoms with Crippen LogP contribution < -0.4 is 10.4 Å². The molecule has 0 aromatic carbocycles. The molecule has 5 heteroatoms.